The molecule has 0 amide bonds. The minimum Gasteiger partial charge on any atom is -0.393 e. The maximum Gasteiger partial charge on any atom is 0.158 e. The maximum atomic E-state index is 6.57. The molecule has 1 aromatic heterocycles. The number of ether oxygens (including phenoxy) is 2. The highest BCUT2D eigenvalue weighted by molar-refractivity contribution is 5.77. The first-order chi connectivity index (χ1) is 16.7. The molecule has 0 unspecified atom stereocenters. The molecule has 0 saturated carbocycles. The zero-order valence-electron chi connectivity index (χ0n) is 20.3. The summed E-state index contributed by atoms with van der Waals surface area (Å²) in [5, 5.41) is 0. The number of nitrogens with zero attached hydrogens (tertiary/aromatic N) is 5. The number of hydrogen-bond donors (Lipinski definition) is 1. The number of anilines is 4. The molecule has 4 rings (SSSR count). The molecule has 34 heavy (non-hydrogen) atoms. The molecule has 3 heterocycles. The van der Waals surface area contributed by atoms with Gasteiger partial charge < -0.3 is 29.9 Å². The normalized spacial score (nSPS) is 17.1. The summed E-state index contributed by atoms with van der Waals surface area (Å²) in [6, 6.07) is 8.63. The lowest BCUT2D eigenvalue weighted by atomic mass is 10.2. The second-order valence-electron chi connectivity index (χ2n) is 8.32. The van der Waals surface area contributed by atoms with Gasteiger partial charge in [0.05, 0.1) is 26.4 Å². The number of nitrogens with two attached hydrogens (primary N) is 1. The zero-order valence-corrected chi connectivity index (χ0v) is 20.3. The molecule has 2 fully saturated rings. The third kappa shape index (κ3) is 5.87. The van der Waals surface area contributed by atoms with Gasteiger partial charge in [0.2, 0.25) is 0 Å². The van der Waals surface area contributed by atoms with E-state index in [2.05, 4.69) is 58.9 Å². The number of aromatic nitrogens is 2. The second-order valence-corrected chi connectivity index (χ2v) is 8.32. The molecule has 2 N–H and O–H groups in total. The van der Waals surface area contributed by atoms with E-state index < -0.39 is 0 Å². The Bertz CT molecular complexity index is 936. The summed E-state index contributed by atoms with van der Waals surface area (Å²) in [5.74, 6) is 2.23. The van der Waals surface area contributed by atoms with Crippen LogP contribution in [-0.2, 0) is 9.47 Å². The SMILES string of the molecule is CCN(CC)c1ccc(/C=C/C=C/c2nc(N3CCOCC3)c(N)c(N3CCOCC3)n2)cc1. The largest absolute Gasteiger partial charge is 0.393 e. The van der Waals surface area contributed by atoms with E-state index >= 15 is 0 Å². The van der Waals surface area contributed by atoms with Gasteiger partial charge in [-0.25, -0.2) is 9.97 Å². The van der Waals surface area contributed by atoms with E-state index in [1.165, 1.54) is 5.69 Å². The molecule has 2 saturated heterocycles. The Balaban J connectivity index is 1.53. The first kappa shape index (κ1) is 24.0. The average Bonchev–Trinajstić information content (AvgIpc) is 2.90. The van der Waals surface area contributed by atoms with Crippen molar-refractivity contribution in [3.8, 4) is 0 Å². The summed E-state index contributed by atoms with van der Waals surface area (Å²) in [6.07, 6.45) is 8.03. The van der Waals surface area contributed by atoms with Crippen LogP contribution in [0.3, 0.4) is 0 Å². The molecule has 2 aliphatic heterocycles. The lowest BCUT2D eigenvalue weighted by Crippen LogP contribution is -2.40. The van der Waals surface area contributed by atoms with Gasteiger partial charge in [-0.3, -0.25) is 0 Å². The van der Waals surface area contributed by atoms with E-state index in [4.69, 9.17) is 25.2 Å². The predicted octanol–water partition coefficient (Wildman–Crippen LogP) is 3.30. The van der Waals surface area contributed by atoms with Crippen LogP contribution >= 0.6 is 0 Å². The molecule has 8 nitrogen and oxygen atoms in total. The molecular formula is C26H36N6O2. The number of rotatable bonds is 8. The first-order valence-corrected chi connectivity index (χ1v) is 12.2. The van der Waals surface area contributed by atoms with Crippen LogP contribution in [0.1, 0.15) is 25.2 Å². The van der Waals surface area contributed by atoms with Gasteiger partial charge in [0.25, 0.3) is 0 Å². The summed E-state index contributed by atoms with van der Waals surface area (Å²) in [5.41, 5.74) is 9.60. The van der Waals surface area contributed by atoms with Gasteiger partial charge in [0.15, 0.2) is 17.5 Å². The van der Waals surface area contributed by atoms with E-state index in [9.17, 15) is 0 Å². The number of allylic oxidation sites excluding steroid dienone is 2. The van der Waals surface area contributed by atoms with Crippen LogP contribution in [0, 0.1) is 0 Å². The van der Waals surface area contributed by atoms with E-state index in [0.29, 0.717) is 37.9 Å². The Morgan fingerprint density at radius 2 is 1.32 bits per heavy atom. The van der Waals surface area contributed by atoms with Crippen molar-refractivity contribution in [2.24, 2.45) is 0 Å². The average molecular weight is 465 g/mol. The Labute approximate surface area is 202 Å². The third-order valence-corrected chi connectivity index (χ3v) is 6.21. The highest BCUT2D eigenvalue weighted by Gasteiger charge is 2.23. The summed E-state index contributed by atoms with van der Waals surface area (Å²) in [6.45, 7) is 12.2. The summed E-state index contributed by atoms with van der Waals surface area (Å²) < 4.78 is 11.0. The molecule has 1 aromatic carbocycles. The predicted molar refractivity (Wildman–Crippen MR) is 141 cm³/mol. The summed E-state index contributed by atoms with van der Waals surface area (Å²) in [7, 11) is 0. The highest BCUT2D eigenvalue weighted by atomic mass is 16.5. The molecule has 2 aromatic rings. The summed E-state index contributed by atoms with van der Waals surface area (Å²) >= 11 is 0. The Kier molecular flexibility index (Phi) is 8.38. The van der Waals surface area contributed by atoms with Gasteiger partial charge >= 0.3 is 0 Å². The first-order valence-electron chi connectivity index (χ1n) is 12.2. The molecule has 0 aliphatic carbocycles. The topological polar surface area (TPSA) is 80.0 Å². The van der Waals surface area contributed by atoms with Crippen LogP contribution in [-0.4, -0.2) is 75.7 Å². The van der Waals surface area contributed by atoms with E-state index in [-0.39, 0.29) is 0 Å². The van der Waals surface area contributed by atoms with Crippen LogP contribution in [0.4, 0.5) is 23.0 Å². The van der Waals surface area contributed by atoms with Crippen molar-refractivity contribution in [1.82, 2.24) is 9.97 Å². The van der Waals surface area contributed by atoms with Crippen LogP contribution in [0.2, 0.25) is 0 Å². The fourth-order valence-electron chi connectivity index (χ4n) is 4.26. The van der Waals surface area contributed by atoms with Gasteiger partial charge in [-0.2, -0.15) is 0 Å². The van der Waals surface area contributed by atoms with Gasteiger partial charge in [0, 0.05) is 45.0 Å². The standard InChI is InChI=1S/C26H36N6O2/c1-3-30(4-2)22-11-9-21(10-12-22)7-5-6-8-23-28-25(31-13-17-33-18-14-31)24(27)26(29-23)32-15-19-34-20-16-32/h5-12H,3-4,13-20,27H2,1-2H3/b7-5+,8-6+. The van der Waals surface area contributed by atoms with E-state index in [1.54, 1.807) is 0 Å². The van der Waals surface area contributed by atoms with Crippen LogP contribution in [0.15, 0.2) is 36.4 Å². The summed E-state index contributed by atoms with van der Waals surface area (Å²) in [4.78, 5) is 16.3. The fourth-order valence-corrected chi connectivity index (χ4v) is 4.26. The number of morpholine rings is 2. The molecule has 182 valence electrons. The van der Waals surface area contributed by atoms with Crippen molar-refractivity contribution < 1.29 is 9.47 Å². The van der Waals surface area contributed by atoms with Gasteiger partial charge in [0.1, 0.15) is 5.69 Å². The Hall–Kier alpha value is -3.10. The number of hydrogen-bond acceptors (Lipinski definition) is 8. The van der Waals surface area contributed by atoms with Crippen molar-refractivity contribution in [3.63, 3.8) is 0 Å². The minimum atomic E-state index is 0.629. The molecule has 0 spiro atoms. The van der Waals surface area contributed by atoms with Crippen molar-refractivity contribution in [2.45, 2.75) is 13.8 Å². The smallest absolute Gasteiger partial charge is 0.158 e. The number of nitrogen functional groups attached to an aromatic ring is 1. The van der Waals surface area contributed by atoms with Crippen LogP contribution in [0.5, 0.6) is 0 Å². The fraction of sp³-hybridized carbons (Fsp3) is 0.462. The van der Waals surface area contributed by atoms with E-state index in [1.807, 2.05) is 18.2 Å². The Morgan fingerprint density at radius 3 is 1.82 bits per heavy atom. The van der Waals surface area contributed by atoms with E-state index in [0.717, 1.165) is 56.5 Å². The third-order valence-electron chi connectivity index (χ3n) is 6.21. The van der Waals surface area contributed by atoms with Gasteiger partial charge in [-0.05, 0) is 37.6 Å². The lowest BCUT2D eigenvalue weighted by molar-refractivity contribution is 0.122. The van der Waals surface area contributed by atoms with Crippen molar-refractivity contribution in [2.75, 3.05) is 86.1 Å². The molecule has 0 radical (unpaired) electrons. The van der Waals surface area contributed by atoms with Crippen molar-refractivity contribution in [3.05, 3.63) is 47.8 Å². The van der Waals surface area contributed by atoms with Crippen molar-refractivity contribution >= 4 is 35.2 Å². The molecule has 8 heteroatoms. The Morgan fingerprint density at radius 1 is 0.824 bits per heavy atom. The number of benzene rings is 1. The molecule has 0 bridgehead atoms. The molecule has 0 atom stereocenters. The second kappa shape index (κ2) is 11.9. The maximum absolute atomic E-state index is 6.57. The van der Waals surface area contributed by atoms with Crippen molar-refractivity contribution in [1.29, 1.82) is 0 Å². The van der Waals surface area contributed by atoms with Crippen LogP contribution < -0.4 is 20.4 Å². The zero-order chi connectivity index (χ0) is 23.8. The highest BCUT2D eigenvalue weighted by Crippen LogP contribution is 2.31. The minimum absolute atomic E-state index is 0.629. The van der Waals surface area contributed by atoms with Gasteiger partial charge in [-0.15, -0.1) is 0 Å². The monoisotopic (exact) mass is 464 g/mol. The lowest BCUT2D eigenvalue weighted by Gasteiger charge is -2.32. The molecular weight excluding hydrogens is 428 g/mol. The molecule has 2 aliphatic rings. The van der Waals surface area contributed by atoms with Crippen LogP contribution in [0.25, 0.3) is 12.2 Å². The van der Waals surface area contributed by atoms with Gasteiger partial charge in [-0.1, -0.05) is 30.4 Å². The quantitative estimate of drug-likeness (QED) is 0.596.